The zero-order valence-electron chi connectivity index (χ0n) is 12.6. The van der Waals surface area contributed by atoms with Crippen LogP contribution in [0, 0.1) is 0 Å². The van der Waals surface area contributed by atoms with E-state index in [-0.39, 0.29) is 11.3 Å². The normalized spacial score (nSPS) is 14.5. The number of hydrogen-bond acceptors (Lipinski definition) is 5. The first-order valence-electron chi connectivity index (χ1n) is 7.60. The van der Waals surface area contributed by atoms with Crippen LogP contribution in [-0.2, 0) is 0 Å². The van der Waals surface area contributed by atoms with E-state index in [0.717, 1.165) is 32.4 Å². The number of aromatic carboxylic acids is 1. The lowest BCUT2D eigenvalue weighted by atomic mass is 10.1. The number of amides is 1. The van der Waals surface area contributed by atoms with Crippen molar-refractivity contribution in [2.45, 2.75) is 19.3 Å². The number of carbonyl (C=O) groups is 2. The average Bonchev–Trinajstić information content (AvgIpc) is 3.10. The quantitative estimate of drug-likeness (QED) is 0.931. The van der Waals surface area contributed by atoms with Crippen molar-refractivity contribution in [2.24, 2.45) is 0 Å². The summed E-state index contributed by atoms with van der Waals surface area (Å²) in [5.41, 5.74) is 1.12. The van der Waals surface area contributed by atoms with Crippen LogP contribution < -0.4 is 15.3 Å². The van der Waals surface area contributed by atoms with Crippen molar-refractivity contribution in [1.82, 2.24) is 0 Å². The van der Waals surface area contributed by atoms with Gasteiger partial charge in [-0.05, 0) is 49.6 Å². The molecule has 0 saturated carbocycles. The fourth-order valence-corrected chi connectivity index (χ4v) is 2.79. The number of carbonyl (C=O) groups excluding carboxylic acids is 2. The average molecular weight is 313 g/mol. The maximum absolute atomic E-state index is 12.0. The first-order chi connectivity index (χ1) is 11.1. The number of piperidine rings is 1. The van der Waals surface area contributed by atoms with Crippen molar-refractivity contribution in [3.8, 4) is 0 Å². The van der Waals surface area contributed by atoms with Crippen LogP contribution in [0.15, 0.2) is 41.0 Å². The molecule has 2 heterocycles. The minimum absolute atomic E-state index is 0.0872. The van der Waals surface area contributed by atoms with Gasteiger partial charge in [0.1, 0.15) is 0 Å². The van der Waals surface area contributed by atoms with Crippen LogP contribution >= 0.6 is 0 Å². The minimum atomic E-state index is -1.25. The predicted molar refractivity (Wildman–Crippen MR) is 83.5 cm³/mol. The second-order valence-corrected chi connectivity index (χ2v) is 5.50. The number of hydrogen-bond donors (Lipinski definition) is 1. The van der Waals surface area contributed by atoms with Crippen LogP contribution in [-0.4, -0.2) is 25.0 Å². The van der Waals surface area contributed by atoms with E-state index in [9.17, 15) is 14.7 Å². The SMILES string of the molecule is O=C(Nc1ccc(N2CCCCC2)c(C(=O)[O-])c1)c1ccco1. The van der Waals surface area contributed by atoms with Gasteiger partial charge in [-0.3, -0.25) is 4.79 Å². The molecule has 0 bridgehead atoms. The Morgan fingerprint density at radius 2 is 1.91 bits per heavy atom. The lowest BCUT2D eigenvalue weighted by Crippen LogP contribution is -2.33. The topological polar surface area (TPSA) is 85.6 Å². The molecule has 1 aliphatic rings. The first-order valence-corrected chi connectivity index (χ1v) is 7.60. The van der Waals surface area contributed by atoms with E-state index < -0.39 is 11.9 Å². The van der Waals surface area contributed by atoms with Crippen molar-refractivity contribution in [1.29, 1.82) is 0 Å². The summed E-state index contributed by atoms with van der Waals surface area (Å²) in [6.45, 7) is 1.66. The lowest BCUT2D eigenvalue weighted by Gasteiger charge is -2.31. The van der Waals surface area contributed by atoms with Gasteiger partial charge in [-0.1, -0.05) is 0 Å². The molecular weight excluding hydrogens is 296 g/mol. The molecule has 2 aromatic rings. The Kier molecular flexibility index (Phi) is 4.32. The van der Waals surface area contributed by atoms with Crippen LogP contribution in [0.25, 0.3) is 0 Å². The van der Waals surface area contributed by atoms with Crippen molar-refractivity contribution in [2.75, 3.05) is 23.3 Å². The highest BCUT2D eigenvalue weighted by Gasteiger charge is 2.16. The summed E-state index contributed by atoms with van der Waals surface area (Å²) < 4.78 is 5.02. The van der Waals surface area contributed by atoms with Gasteiger partial charge < -0.3 is 24.5 Å². The Morgan fingerprint density at radius 3 is 2.57 bits per heavy atom. The molecule has 120 valence electrons. The lowest BCUT2D eigenvalue weighted by molar-refractivity contribution is -0.254. The van der Waals surface area contributed by atoms with Gasteiger partial charge in [0.15, 0.2) is 5.76 Å². The summed E-state index contributed by atoms with van der Waals surface area (Å²) in [5.74, 6) is -1.51. The monoisotopic (exact) mass is 313 g/mol. The van der Waals surface area contributed by atoms with Crippen LogP contribution in [0.2, 0.25) is 0 Å². The van der Waals surface area contributed by atoms with Gasteiger partial charge in [0.05, 0.1) is 12.2 Å². The Morgan fingerprint density at radius 1 is 1.13 bits per heavy atom. The molecule has 6 heteroatoms. The van der Waals surface area contributed by atoms with Crippen molar-refractivity contribution in [3.05, 3.63) is 47.9 Å². The summed E-state index contributed by atoms with van der Waals surface area (Å²) in [6, 6.07) is 7.99. The molecule has 1 saturated heterocycles. The summed E-state index contributed by atoms with van der Waals surface area (Å²) in [5, 5.41) is 14.1. The summed E-state index contributed by atoms with van der Waals surface area (Å²) >= 11 is 0. The van der Waals surface area contributed by atoms with Gasteiger partial charge in [-0.25, -0.2) is 0 Å². The van der Waals surface area contributed by atoms with Gasteiger partial charge >= 0.3 is 0 Å². The number of carboxylic acids is 1. The van der Waals surface area contributed by atoms with Gasteiger partial charge in [-0.15, -0.1) is 0 Å². The van der Waals surface area contributed by atoms with Crippen LogP contribution in [0.5, 0.6) is 0 Å². The minimum Gasteiger partial charge on any atom is -0.545 e. The maximum atomic E-state index is 12.0. The summed E-state index contributed by atoms with van der Waals surface area (Å²) in [6.07, 6.45) is 4.66. The van der Waals surface area contributed by atoms with E-state index >= 15 is 0 Å². The summed E-state index contributed by atoms with van der Waals surface area (Å²) in [7, 11) is 0. The number of furan rings is 1. The molecule has 0 aliphatic carbocycles. The molecule has 1 amide bonds. The second-order valence-electron chi connectivity index (χ2n) is 5.50. The molecule has 1 aromatic carbocycles. The molecule has 0 unspecified atom stereocenters. The van der Waals surface area contributed by atoms with Crippen LogP contribution in [0.4, 0.5) is 11.4 Å². The highest BCUT2D eigenvalue weighted by Crippen LogP contribution is 2.27. The van der Waals surface area contributed by atoms with E-state index in [1.807, 2.05) is 4.90 Å². The highest BCUT2D eigenvalue weighted by molar-refractivity contribution is 6.03. The summed E-state index contributed by atoms with van der Waals surface area (Å²) in [4.78, 5) is 25.5. The van der Waals surface area contributed by atoms with Gasteiger partial charge in [-0.2, -0.15) is 0 Å². The molecule has 1 aromatic heterocycles. The third kappa shape index (κ3) is 3.36. The van der Waals surface area contributed by atoms with Crippen LogP contribution in [0.3, 0.4) is 0 Å². The molecule has 23 heavy (non-hydrogen) atoms. The number of nitrogens with one attached hydrogen (secondary N) is 1. The fraction of sp³-hybridized carbons (Fsp3) is 0.294. The van der Waals surface area contributed by atoms with E-state index in [1.54, 1.807) is 18.2 Å². The number of benzene rings is 1. The molecule has 1 N–H and O–H groups in total. The Hall–Kier alpha value is -2.76. The highest BCUT2D eigenvalue weighted by atomic mass is 16.4. The molecule has 3 rings (SSSR count). The fourth-order valence-electron chi connectivity index (χ4n) is 2.79. The molecule has 0 atom stereocenters. The number of nitrogens with zero attached hydrogens (tertiary/aromatic N) is 1. The van der Waals surface area contributed by atoms with Crippen LogP contribution in [0.1, 0.15) is 40.2 Å². The number of anilines is 2. The first kappa shape index (κ1) is 15.1. The second kappa shape index (κ2) is 6.56. The zero-order valence-corrected chi connectivity index (χ0v) is 12.6. The van der Waals surface area contributed by atoms with Crippen molar-refractivity contribution < 1.29 is 19.1 Å². The smallest absolute Gasteiger partial charge is 0.291 e. The van der Waals surface area contributed by atoms with Crippen molar-refractivity contribution in [3.63, 3.8) is 0 Å². The van der Waals surface area contributed by atoms with Gasteiger partial charge in [0.25, 0.3) is 5.91 Å². The zero-order chi connectivity index (χ0) is 16.2. The maximum Gasteiger partial charge on any atom is 0.291 e. The van der Waals surface area contributed by atoms with E-state index in [4.69, 9.17) is 4.42 Å². The molecular formula is C17H17N2O4-. The Bertz CT molecular complexity index is 703. The molecule has 1 fully saturated rings. The Labute approximate surface area is 133 Å². The van der Waals surface area contributed by atoms with E-state index in [1.165, 1.54) is 18.4 Å². The van der Waals surface area contributed by atoms with Gasteiger partial charge in [0.2, 0.25) is 0 Å². The van der Waals surface area contributed by atoms with E-state index in [2.05, 4.69) is 5.32 Å². The molecule has 0 spiro atoms. The molecule has 1 aliphatic heterocycles. The predicted octanol–water partition coefficient (Wildman–Crippen LogP) is 1.89. The third-order valence-electron chi connectivity index (χ3n) is 3.92. The Balaban J connectivity index is 1.84. The van der Waals surface area contributed by atoms with Crippen molar-refractivity contribution >= 4 is 23.3 Å². The third-order valence-corrected chi connectivity index (χ3v) is 3.92. The number of rotatable bonds is 4. The molecule has 6 nitrogen and oxygen atoms in total. The molecule has 0 radical (unpaired) electrons. The van der Waals surface area contributed by atoms with E-state index in [0.29, 0.717) is 11.4 Å². The number of carboxylic acid groups (broad SMARTS) is 1. The largest absolute Gasteiger partial charge is 0.545 e. The standard InChI is InChI=1S/C17H18N2O4/c20-16(15-5-4-10-23-15)18-12-6-7-14(13(11-12)17(21)22)19-8-2-1-3-9-19/h4-7,10-11H,1-3,8-9H2,(H,18,20)(H,21,22)/p-1. The van der Waals surface area contributed by atoms with Gasteiger partial charge in [0, 0.05) is 30.0 Å².